The van der Waals surface area contributed by atoms with E-state index in [0.717, 1.165) is 19.4 Å². The summed E-state index contributed by atoms with van der Waals surface area (Å²) in [5.41, 5.74) is 4.34. The zero-order valence-electron chi connectivity index (χ0n) is 12.3. The van der Waals surface area contributed by atoms with Gasteiger partial charge in [0, 0.05) is 8.50 Å². The van der Waals surface area contributed by atoms with Gasteiger partial charge in [-0.25, -0.2) is 0 Å². The quantitative estimate of drug-likeness (QED) is 0.295. The fourth-order valence-electron chi connectivity index (χ4n) is 1.57. The molecule has 0 heterocycles. The summed E-state index contributed by atoms with van der Waals surface area (Å²) in [5, 5.41) is 0. The maximum absolute atomic E-state index is 5.30. The Kier molecular flexibility index (Phi) is 12.1. The van der Waals surface area contributed by atoms with Crippen LogP contribution in [0.5, 0.6) is 0 Å². The first-order valence-corrected chi connectivity index (χ1v) is 9.30. The van der Waals surface area contributed by atoms with Gasteiger partial charge in [0.25, 0.3) is 0 Å². The van der Waals surface area contributed by atoms with Crippen molar-refractivity contribution in [2.24, 2.45) is 0 Å². The summed E-state index contributed by atoms with van der Waals surface area (Å²) < 4.78 is 5.30. The maximum Gasteiger partial charge on any atom is 0.0693 e. The highest BCUT2D eigenvalue weighted by atomic mass is 32.0. The summed E-state index contributed by atoms with van der Waals surface area (Å²) in [6.07, 6.45) is 11.5. The molecule has 1 nitrogen and oxygen atoms in total. The van der Waals surface area contributed by atoms with E-state index < -0.39 is 0 Å². The fourth-order valence-corrected chi connectivity index (χ4v) is 2.04. The molecule has 18 heavy (non-hydrogen) atoms. The molecule has 0 radical (unpaired) electrons. The van der Waals surface area contributed by atoms with E-state index in [1.165, 1.54) is 29.6 Å². The molecule has 2 unspecified atom stereocenters. The Labute approximate surface area is 117 Å². The third-order valence-electron chi connectivity index (χ3n) is 2.72. The van der Waals surface area contributed by atoms with Crippen LogP contribution >= 0.6 is 17.4 Å². The second-order valence-corrected chi connectivity index (χ2v) is 6.12. The van der Waals surface area contributed by atoms with Gasteiger partial charge < -0.3 is 4.52 Å². The number of rotatable bonds is 9. The highest BCUT2D eigenvalue weighted by molar-refractivity contribution is 8.00. The molecule has 0 aliphatic carbocycles. The van der Waals surface area contributed by atoms with Crippen molar-refractivity contribution in [1.29, 1.82) is 0 Å². The van der Waals surface area contributed by atoms with Crippen LogP contribution in [0.25, 0.3) is 0 Å². The number of allylic oxidation sites excluding steroid dienone is 5. The summed E-state index contributed by atoms with van der Waals surface area (Å²) >= 11 is 0. The summed E-state index contributed by atoms with van der Waals surface area (Å²) in [6.45, 7) is 9.48. The molecule has 0 saturated heterocycles. The summed E-state index contributed by atoms with van der Waals surface area (Å²) in [7, 11) is 3.10. The lowest BCUT2D eigenvalue weighted by Crippen LogP contribution is -1.83. The van der Waals surface area contributed by atoms with Crippen LogP contribution in [0.4, 0.5) is 0 Å². The van der Waals surface area contributed by atoms with E-state index in [1.807, 2.05) is 0 Å². The minimum atomic E-state index is 0.508. The van der Waals surface area contributed by atoms with Gasteiger partial charge in [0.15, 0.2) is 0 Å². The lowest BCUT2D eigenvalue weighted by atomic mass is 10.1. The molecule has 3 heteroatoms. The summed E-state index contributed by atoms with van der Waals surface area (Å²) in [5.74, 6) is 0. The predicted octanol–water partition coefficient (Wildman–Crippen LogP) is 5.81. The van der Waals surface area contributed by atoms with Crippen molar-refractivity contribution >= 4 is 17.4 Å². The van der Waals surface area contributed by atoms with Gasteiger partial charge in [-0.2, -0.15) is 0 Å². The van der Waals surface area contributed by atoms with Crippen LogP contribution in [-0.4, -0.2) is 6.61 Å². The van der Waals surface area contributed by atoms with E-state index in [2.05, 4.69) is 54.9 Å². The lowest BCUT2D eigenvalue weighted by Gasteiger charge is -2.01. The lowest BCUT2D eigenvalue weighted by molar-refractivity contribution is 0.422. The normalized spacial score (nSPS) is 13.4. The topological polar surface area (TPSA) is 9.23 Å². The Morgan fingerprint density at radius 3 is 2.06 bits per heavy atom. The Morgan fingerprint density at radius 2 is 1.50 bits per heavy atom. The molecule has 0 aromatic heterocycles. The molecular weight excluding hydrogens is 258 g/mol. The van der Waals surface area contributed by atoms with Crippen LogP contribution < -0.4 is 0 Å². The van der Waals surface area contributed by atoms with Gasteiger partial charge in [-0.15, -0.1) is 0 Å². The van der Waals surface area contributed by atoms with Crippen LogP contribution in [0.3, 0.4) is 0 Å². The maximum atomic E-state index is 5.30. The minimum absolute atomic E-state index is 0.508. The molecule has 0 aromatic carbocycles. The van der Waals surface area contributed by atoms with E-state index in [9.17, 15) is 0 Å². The highest BCUT2D eigenvalue weighted by Crippen LogP contribution is 2.21. The Bertz CT molecular complexity index is 300. The Hall–Kier alpha value is 0.0400. The van der Waals surface area contributed by atoms with Gasteiger partial charge in [-0.1, -0.05) is 43.9 Å². The molecule has 0 aliphatic rings. The van der Waals surface area contributed by atoms with Gasteiger partial charge >= 0.3 is 0 Å². The first-order valence-electron chi connectivity index (χ1n) is 6.58. The van der Waals surface area contributed by atoms with Crippen LogP contribution in [-0.2, 0) is 4.52 Å². The summed E-state index contributed by atoms with van der Waals surface area (Å²) in [4.78, 5) is 0. The van der Waals surface area contributed by atoms with Crippen molar-refractivity contribution in [3.8, 4) is 0 Å². The van der Waals surface area contributed by atoms with Gasteiger partial charge in [0.1, 0.15) is 0 Å². The first kappa shape index (κ1) is 18.0. The largest absolute Gasteiger partial charge is 0.354 e. The molecule has 2 atom stereocenters. The average molecular weight is 286 g/mol. The third-order valence-corrected chi connectivity index (χ3v) is 3.55. The van der Waals surface area contributed by atoms with E-state index in [4.69, 9.17) is 4.52 Å². The molecule has 0 bridgehead atoms. The van der Waals surface area contributed by atoms with Crippen LogP contribution in [0.2, 0.25) is 0 Å². The van der Waals surface area contributed by atoms with Crippen molar-refractivity contribution in [3.05, 3.63) is 34.9 Å². The second kappa shape index (κ2) is 12.1. The molecule has 0 aromatic rings. The molecule has 104 valence electrons. The fraction of sp³-hybridized carbons (Fsp3) is 0.600. The minimum Gasteiger partial charge on any atom is -0.354 e. The van der Waals surface area contributed by atoms with Crippen molar-refractivity contribution in [2.45, 2.75) is 53.4 Å². The van der Waals surface area contributed by atoms with Crippen LogP contribution in [0, 0.1) is 0 Å². The van der Waals surface area contributed by atoms with Crippen molar-refractivity contribution in [2.75, 3.05) is 6.61 Å². The second-order valence-electron chi connectivity index (χ2n) is 4.89. The zero-order chi connectivity index (χ0) is 13.8. The molecule has 0 N–H and O–H groups in total. The molecular formula is C15H28OP2. The molecule has 0 rings (SSSR count). The Morgan fingerprint density at radius 1 is 0.944 bits per heavy atom. The van der Waals surface area contributed by atoms with Crippen LogP contribution in [0.15, 0.2) is 34.9 Å². The first-order chi connectivity index (χ1) is 8.56. The number of hydrogen-bond acceptors (Lipinski definition) is 1. The zero-order valence-corrected chi connectivity index (χ0v) is 14.4. The monoisotopic (exact) mass is 286 g/mol. The van der Waals surface area contributed by atoms with E-state index in [0.29, 0.717) is 8.50 Å². The van der Waals surface area contributed by atoms with E-state index in [-0.39, 0.29) is 0 Å². The SMILES string of the molecule is CC(C)=CCCC(C)=CCCC(C)=CCOPP. The molecule has 0 aliphatic heterocycles. The van der Waals surface area contributed by atoms with Gasteiger partial charge in [-0.3, -0.25) is 0 Å². The van der Waals surface area contributed by atoms with E-state index in [1.54, 1.807) is 0 Å². The van der Waals surface area contributed by atoms with Gasteiger partial charge in [0.05, 0.1) is 6.61 Å². The molecule has 0 saturated carbocycles. The third kappa shape index (κ3) is 12.5. The predicted molar refractivity (Wildman–Crippen MR) is 89.4 cm³/mol. The van der Waals surface area contributed by atoms with Crippen molar-refractivity contribution < 1.29 is 4.52 Å². The standard InChI is InChI=1S/C15H28OP2/c1-13(2)7-5-8-14(3)9-6-10-15(4)11-12-16-18-17/h7,9,11,18H,5-6,8,10,12,17H2,1-4H3. The molecule has 0 spiro atoms. The Balaban J connectivity index is 3.79. The summed E-state index contributed by atoms with van der Waals surface area (Å²) in [6, 6.07) is 0. The van der Waals surface area contributed by atoms with Gasteiger partial charge in [0.2, 0.25) is 0 Å². The highest BCUT2D eigenvalue weighted by Gasteiger charge is 1.91. The van der Waals surface area contributed by atoms with Crippen molar-refractivity contribution in [1.82, 2.24) is 0 Å². The van der Waals surface area contributed by atoms with Gasteiger partial charge in [-0.05, 0) is 53.4 Å². The average Bonchev–Trinajstić information content (AvgIpc) is 2.29. The van der Waals surface area contributed by atoms with Crippen LogP contribution in [0.1, 0.15) is 53.4 Å². The van der Waals surface area contributed by atoms with Crippen molar-refractivity contribution in [3.63, 3.8) is 0 Å². The number of hydrogen-bond donors (Lipinski definition) is 0. The smallest absolute Gasteiger partial charge is 0.0693 e. The molecule has 0 amide bonds. The van der Waals surface area contributed by atoms with E-state index >= 15 is 0 Å². The molecule has 0 fully saturated rings.